The number of carboxylic acid groups (broad SMARTS) is 1. The number of rotatable bonds is 8. The Morgan fingerprint density at radius 3 is 2.57 bits per heavy atom. The molecule has 120 valence electrons. The van der Waals surface area contributed by atoms with Crippen molar-refractivity contribution in [3.63, 3.8) is 0 Å². The predicted molar refractivity (Wildman–Crippen MR) is 90.0 cm³/mol. The summed E-state index contributed by atoms with van der Waals surface area (Å²) < 4.78 is 7.28. The van der Waals surface area contributed by atoms with Crippen molar-refractivity contribution in [1.29, 1.82) is 0 Å². The third kappa shape index (κ3) is 5.94. The summed E-state index contributed by atoms with van der Waals surface area (Å²) in [4.78, 5) is 10.5. The third-order valence-corrected chi connectivity index (χ3v) is 3.54. The second-order valence-corrected chi connectivity index (χ2v) is 5.33. The van der Waals surface area contributed by atoms with E-state index in [4.69, 9.17) is 9.84 Å². The molecule has 1 aromatic heterocycles. The standard InChI is InChI=1S/C19H21NO3/c1-23-18-6-4-5-17(15-18)9-8-16-10-13-20(14-11-16)12-3-2-7-19(21)22/h4-6,8-11,13-15H,2-3,7,12H2,1H3/p+1/b9-8-. The van der Waals surface area contributed by atoms with Crippen molar-refractivity contribution < 1.29 is 19.2 Å². The number of ether oxygens (including phenoxy) is 1. The smallest absolute Gasteiger partial charge is 0.303 e. The first-order valence-corrected chi connectivity index (χ1v) is 7.70. The first-order valence-electron chi connectivity index (χ1n) is 7.70. The Bertz CT molecular complexity index is 663. The molecule has 0 aliphatic rings. The van der Waals surface area contributed by atoms with Gasteiger partial charge in [0.1, 0.15) is 12.3 Å². The molecule has 0 fully saturated rings. The minimum Gasteiger partial charge on any atom is -0.497 e. The lowest BCUT2D eigenvalue weighted by atomic mass is 10.1. The lowest BCUT2D eigenvalue weighted by Gasteiger charge is -2.00. The highest BCUT2D eigenvalue weighted by atomic mass is 16.5. The van der Waals surface area contributed by atoms with Crippen LogP contribution in [0.5, 0.6) is 5.75 Å². The summed E-state index contributed by atoms with van der Waals surface area (Å²) in [5.74, 6) is 0.118. The van der Waals surface area contributed by atoms with Crippen LogP contribution in [0.2, 0.25) is 0 Å². The summed E-state index contributed by atoms with van der Waals surface area (Å²) in [5, 5.41) is 8.61. The highest BCUT2D eigenvalue weighted by Gasteiger charge is 2.02. The maximum atomic E-state index is 10.5. The van der Waals surface area contributed by atoms with E-state index in [1.54, 1.807) is 7.11 Å². The second-order valence-electron chi connectivity index (χ2n) is 5.33. The Hall–Kier alpha value is -2.62. The topological polar surface area (TPSA) is 50.4 Å². The van der Waals surface area contributed by atoms with E-state index in [0.717, 1.165) is 29.8 Å². The zero-order valence-electron chi connectivity index (χ0n) is 13.3. The molecule has 1 aromatic carbocycles. The van der Waals surface area contributed by atoms with E-state index in [2.05, 4.69) is 16.7 Å². The molecule has 0 saturated heterocycles. The Morgan fingerprint density at radius 1 is 1.13 bits per heavy atom. The number of methoxy groups -OCH3 is 1. The molecule has 0 spiro atoms. The van der Waals surface area contributed by atoms with E-state index >= 15 is 0 Å². The van der Waals surface area contributed by atoms with Crippen molar-refractivity contribution in [2.45, 2.75) is 25.8 Å². The van der Waals surface area contributed by atoms with Crippen molar-refractivity contribution in [2.75, 3.05) is 7.11 Å². The Balaban J connectivity index is 1.89. The molecule has 23 heavy (non-hydrogen) atoms. The van der Waals surface area contributed by atoms with E-state index in [1.165, 1.54) is 0 Å². The maximum absolute atomic E-state index is 10.5. The maximum Gasteiger partial charge on any atom is 0.303 e. The third-order valence-electron chi connectivity index (χ3n) is 3.54. The number of hydrogen-bond acceptors (Lipinski definition) is 2. The minimum absolute atomic E-state index is 0.238. The van der Waals surface area contributed by atoms with Crippen molar-refractivity contribution in [2.24, 2.45) is 0 Å². The summed E-state index contributed by atoms with van der Waals surface area (Å²) in [6, 6.07) is 12.0. The van der Waals surface area contributed by atoms with Gasteiger partial charge in [-0.25, -0.2) is 4.57 Å². The fourth-order valence-corrected chi connectivity index (χ4v) is 2.24. The number of unbranched alkanes of at least 4 members (excludes halogenated alkanes) is 1. The highest BCUT2D eigenvalue weighted by Crippen LogP contribution is 2.14. The Morgan fingerprint density at radius 2 is 1.87 bits per heavy atom. The van der Waals surface area contributed by atoms with Crippen LogP contribution in [0.25, 0.3) is 12.2 Å². The Labute approximate surface area is 136 Å². The quantitative estimate of drug-likeness (QED) is 0.600. The molecule has 0 amide bonds. The predicted octanol–water partition coefficient (Wildman–Crippen LogP) is 3.41. The number of nitrogens with zero attached hydrogens (tertiary/aromatic N) is 1. The van der Waals surface area contributed by atoms with Crippen molar-refractivity contribution in [1.82, 2.24) is 0 Å². The number of aryl methyl sites for hydroxylation is 1. The molecule has 1 N–H and O–H groups in total. The summed E-state index contributed by atoms with van der Waals surface area (Å²) >= 11 is 0. The van der Waals surface area contributed by atoms with Crippen molar-refractivity contribution >= 4 is 18.1 Å². The number of hydrogen-bond donors (Lipinski definition) is 1. The monoisotopic (exact) mass is 312 g/mol. The number of aromatic nitrogens is 1. The zero-order valence-corrected chi connectivity index (χ0v) is 13.3. The molecule has 2 rings (SSSR count). The molecule has 0 unspecified atom stereocenters. The number of aliphatic carboxylic acids is 1. The SMILES string of the molecule is COc1cccc(/C=C\c2cc[n+](CCCCC(=O)O)cc2)c1. The lowest BCUT2D eigenvalue weighted by molar-refractivity contribution is -0.697. The van der Waals surface area contributed by atoms with Crippen LogP contribution in [0, 0.1) is 0 Å². The van der Waals surface area contributed by atoms with E-state index in [0.29, 0.717) is 6.42 Å². The fraction of sp³-hybridized carbons (Fsp3) is 0.263. The molecule has 0 bridgehead atoms. The molecule has 0 aliphatic carbocycles. The van der Waals surface area contributed by atoms with Crippen LogP contribution in [0.15, 0.2) is 48.8 Å². The van der Waals surface area contributed by atoms with Crippen LogP contribution in [0.1, 0.15) is 30.4 Å². The number of carbonyl (C=O) groups is 1. The van der Waals surface area contributed by atoms with Gasteiger partial charge in [-0.2, -0.15) is 0 Å². The zero-order chi connectivity index (χ0) is 16.5. The van der Waals surface area contributed by atoms with Gasteiger partial charge in [-0.1, -0.05) is 24.3 Å². The van der Waals surface area contributed by atoms with Crippen LogP contribution in [0.3, 0.4) is 0 Å². The van der Waals surface area contributed by atoms with Crippen LogP contribution < -0.4 is 9.30 Å². The van der Waals surface area contributed by atoms with Crippen LogP contribution in [0.4, 0.5) is 0 Å². The van der Waals surface area contributed by atoms with Gasteiger partial charge in [-0.05, 0) is 29.7 Å². The van der Waals surface area contributed by atoms with E-state index in [9.17, 15) is 4.79 Å². The summed E-state index contributed by atoms with van der Waals surface area (Å²) in [6.07, 6.45) is 9.97. The number of benzene rings is 1. The molecule has 0 saturated carbocycles. The van der Waals surface area contributed by atoms with Gasteiger partial charge in [0.25, 0.3) is 0 Å². The largest absolute Gasteiger partial charge is 0.497 e. The molecule has 0 atom stereocenters. The number of carboxylic acids is 1. The summed E-state index contributed by atoms with van der Waals surface area (Å²) in [7, 11) is 1.66. The molecule has 0 aliphatic heterocycles. The normalized spacial score (nSPS) is 10.8. The van der Waals surface area contributed by atoms with Gasteiger partial charge >= 0.3 is 5.97 Å². The molecular formula is C19H22NO3+. The molecule has 1 heterocycles. The van der Waals surface area contributed by atoms with E-state index in [1.807, 2.05) is 48.8 Å². The van der Waals surface area contributed by atoms with Gasteiger partial charge in [0.15, 0.2) is 12.4 Å². The van der Waals surface area contributed by atoms with Crippen LogP contribution in [-0.4, -0.2) is 18.2 Å². The van der Waals surface area contributed by atoms with Crippen LogP contribution in [-0.2, 0) is 11.3 Å². The van der Waals surface area contributed by atoms with Crippen molar-refractivity contribution in [3.05, 3.63) is 59.9 Å². The van der Waals surface area contributed by atoms with Gasteiger partial charge in [0.2, 0.25) is 0 Å². The van der Waals surface area contributed by atoms with Gasteiger partial charge in [-0.15, -0.1) is 0 Å². The summed E-state index contributed by atoms with van der Waals surface area (Å²) in [5.41, 5.74) is 2.21. The van der Waals surface area contributed by atoms with Gasteiger partial charge < -0.3 is 9.84 Å². The second kappa shape index (κ2) is 8.73. The first kappa shape index (κ1) is 16.7. The molecule has 4 heteroatoms. The fourth-order valence-electron chi connectivity index (χ4n) is 2.24. The lowest BCUT2D eigenvalue weighted by Crippen LogP contribution is -2.32. The van der Waals surface area contributed by atoms with Crippen molar-refractivity contribution in [3.8, 4) is 5.75 Å². The molecule has 2 aromatic rings. The Kier molecular flexibility index (Phi) is 6.36. The summed E-state index contributed by atoms with van der Waals surface area (Å²) in [6.45, 7) is 0.840. The average Bonchev–Trinajstić information content (AvgIpc) is 2.58. The van der Waals surface area contributed by atoms with Gasteiger partial charge in [0.05, 0.1) is 7.11 Å². The van der Waals surface area contributed by atoms with Gasteiger partial charge in [-0.3, -0.25) is 4.79 Å². The number of pyridine rings is 1. The first-order chi connectivity index (χ1) is 11.2. The van der Waals surface area contributed by atoms with E-state index < -0.39 is 5.97 Å². The van der Waals surface area contributed by atoms with Crippen LogP contribution >= 0.6 is 0 Å². The molecule has 4 nitrogen and oxygen atoms in total. The molecule has 0 radical (unpaired) electrons. The van der Waals surface area contributed by atoms with E-state index in [-0.39, 0.29) is 6.42 Å². The average molecular weight is 312 g/mol. The molecular weight excluding hydrogens is 290 g/mol. The minimum atomic E-state index is -0.729. The van der Waals surface area contributed by atoms with Gasteiger partial charge in [0, 0.05) is 25.0 Å². The highest BCUT2D eigenvalue weighted by molar-refractivity contribution is 5.69.